The van der Waals surface area contributed by atoms with Crippen LogP contribution in [0.4, 0.5) is 5.69 Å². The smallest absolute Gasteiger partial charge is 0.220 e. The van der Waals surface area contributed by atoms with E-state index in [1.807, 2.05) is 6.07 Å². The summed E-state index contributed by atoms with van der Waals surface area (Å²) in [7, 11) is 0. The van der Waals surface area contributed by atoms with Crippen molar-refractivity contribution in [3.8, 4) is 0 Å². The zero-order valence-corrected chi connectivity index (χ0v) is 13.1. The number of hydrogen-bond donors (Lipinski definition) is 2. The first-order valence-electron chi connectivity index (χ1n) is 8.25. The average Bonchev–Trinajstić information content (AvgIpc) is 2.86. The second kappa shape index (κ2) is 6.08. The molecule has 0 spiro atoms. The lowest BCUT2D eigenvalue weighted by Crippen LogP contribution is -2.40. The van der Waals surface area contributed by atoms with Gasteiger partial charge in [-0.15, -0.1) is 0 Å². The van der Waals surface area contributed by atoms with Gasteiger partial charge in [0.2, 0.25) is 5.91 Å². The zero-order valence-electron chi connectivity index (χ0n) is 13.1. The molecule has 114 valence electrons. The monoisotopic (exact) mass is 286 g/mol. The van der Waals surface area contributed by atoms with E-state index in [2.05, 4.69) is 42.7 Å². The van der Waals surface area contributed by atoms with Gasteiger partial charge in [-0.05, 0) is 42.7 Å². The van der Waals surface area contributed by atoms with Gasteiger partial charge in [0, 0.05) is 30.6 Å². The van der Waals surface area contributed by atoms with Crippen molar-refractivity contribution < 1.29 is 4.79 Å². The third-order valence-electron chi connectivity index (χ3n) is 5.33. The van der Waals surface area contributed by atoms with Crippen LogP contribution in [0.5, 0.6) is 0 Å². The maximum absolute atomic E-state index is 12.3. The number of fused-ring (bicyclic) bond motifs is 1. The topological polar surface area (TPSA) is 41.1 Å². The third-order valence-corrected chi connectivity index (χ3v) is 5.33. The summed E-state index contributed by atoms with van der Waals surface area (Å²) in [6.07, 6.45) is 4.10. The molecule has 1 aliphatic carbocycles. The largest absolute Gasteiger partial charge is 0.384 e. The van der Waals surface area contributed by atoms with E-state index >= 15 is 0 Å². The summed E-state index contributed by atoms with van der Waals surface area (Å²) in [5, 5.41) is 6.65. The summed E-state index contributed by atoms with van der Waals surface area (Å²) in [6, 6.07) is 8.71. The molecule has 2 N–H and O–H groups in total. The molecule has 1 amide bonds. The number of carbonyl (C=O) groups excluding carboxylic acids is 1. The number of carbonyl (C=O) groups is 1. The minimum atomic E-state index is 0.213. The Morgan fingerprint density at radius 1 is 1.24 bits per heavy atom. The van der Waals surface area contributed by atoms with Gasteiger partial charge >= 0.3 is 0 Å². The molecule has 1 heterocycles. The Morgan fingerprint density at radius 3 is 2.86 bits per heavy atom. The van der Waals surface area contributed by atoms with Crippen molar-refractivity contribution in [3.63, 3.8) is 0 Å². The lowest BCUT2D eigenvalue weighted by Gasteiger charge is -2.32. The van der Waals surface area contributed by atoms with E-state index in [1.165, 1.54) is 17.7 Å². The minimum absolute atomic E-state index is 0.213. The second-order valence-electron chi connectivity index (χ2n) is 6.90. The predicted octanol–water partition coefficient (Wildman–Crippen LogP) is 3.53. The Labute approximate surface area is 127 Å². The summed E-state index contributed by atoms with van der Waals surface area (Å²) >= 11 is 0. The van der Waals surface area contributed by atoms with Gasteiger partial charge in [-0.25, -0.2) is 0 Å². The molecule has 3 heteroatoms. The van der Waals surface area contributed by atoms with E-state index in [0.717, 1.165) is 31.2 Å². The van der Waals surface area contributed by atoms with Gasteiger partial charge in [-0.1, -0.05) is 32.0 Å². The van der Waals surface area contributed by atoms with Crippen LogP contribution in [-0.4, -0.2) is 18.5 Å². The number of amides is 1. The molecular formula is C18H26N2O. The maximum Gasteiger partial charge on any atom is 0.220 e. The number of anilines is 1. The first kappa shape index (κ1) is 14.4. The molecule has 2 aliphatic rings. The van der Waals surface area contributed by atoms with Crippen LogP contribution in [0.2, 0.25) is 0 Å². The first-order chi connectivity index (χ1) is 10.1. The molecule has 0 aromatic heterocycles. The van der Waals surface area contributed by atoms with Gasteiger partial charge in [-0.2, -0.15) is 0 Å². The molecule has 4 atom stereocenters. The molecule has 3 rings (SSSR count). The molecule has 1 fully saturated rings. The van der Waals surface area contributed by atoms with Crippen LogP contribution in [0.1, 0.15) is 51.0 Å². The number of rotatable bonds is 3. The highest BCUT2D eigenvalue weighted by Crippen LogP contribution is 2.33. The molecule has 1 aliphatic heterocycles. The second-order valence-corrected chi connectivity index (χ2v) is 6.90. The fourth-order valence-electron chi connectivity index (χ4n) is 3.73. The van der Waals surface area contributed by atoms with Gasteiger partial charge < -0.3 is 10.6 Å². The molecule has 0 saturated heterocycles. The lowest BCUT2D eigenvalue weighted by atomic mass is 9.79. The van der Waals surface area contributed by atoms with Crippen molar-refractivity contribution in [1.82, 2.24) is 5.32 Å². The number of para-hydroxylation sites is 1. The van der Waals surface area contributed by atoms with Crippen molar-refractivity contribution in [2.75, 3.05) is 11.9 Å². The van der Waals surface area contributed by atoms with Crippen LogP contribution in [0.25, 0.3) is 0 Å². The summed E-state index contributed by atoms with van der Waals surface area (Å²) in [6.45, 7) is 5.51. The molecule has 0 radical (unpaired) electrons. The highest BCUT2D eigenvalue weighted by Gasteiger charge is 2.28. The van der Waals surface area contributed by atoms with Crippen LogP contribution >= 0.6 is 0 Å². The Hall–Kier alpha value is -1.51. The van der Waals surface area contributed by atoms with Gasteiger partial charge in [0.15, 0.2) is 0 Å². The highest BCUT2D eigenvalue weighted by atomic mass is 16.1. The van der Waals surface area contributed by atoms with Crippen molar-refractivity contribution in [1.29, 1.82) is 0 Å². The van der Waals surface area contributed by atoms with Crippen LogP contribution in [0, 0.1) is 11.8 Å². The standard InChI is InChI=1S/C18H26N2O/c1-12-7-8-15(9-13(12)2)20-18(21)10-14-11-19-17-6-4-3-5-16(14)17/h3-6,12-15,19H,7-11H2,1-2H3,(H,20,21). The Bertz CT molecular complexity index is 514. The fraction of sp³-hybridized carbons (Fsp3) is 0.611. The van der Waals surface area contributed by atoms with E-state index in [4.69, 9.17) is 0 Å². The molecule has 21 heavy (non-hydrogen) atoms. The molecule has 4 unspecified atom stereocenters. The first-order valence-corrected chi connectivity index (χ1v) is 8.25. The van der Waals surface area contributed by atoms with Crippen molar-refractivity contribution in [2.45, 2.75) is 51.5 Å². The minimum Gasteiger partial charge on any atom is -0.384 e. The number of benzene rings is 1. The zero-order chi connectivity index (χ0) is 14.8. The summed E-state index contributed by atoms with van der Waals surface area (Å²) < 4.78 is 0. The molecule has 1 aromatic rings. The van der Waals surface area contributed by atoms with Crippen molar-refractivity contribution in [2.24, 2.45) is 11.8 Å². The fourth-order valence-corrected chi connectivity index (χ4v) is 3.73. The van der Waals surface area contributed by atoms with Gasteiger partial charge in [-0.3, -0.25) is 4.79 Å². The Balaban J connectivity index is 1.54. The normalized spacial score (nSPS) is 31.3. The quantitative estimate of drug-likeness (QED) is 0.892. The molecule has 1 saturated carbocycles. The number of hydrogen-bond acceptors (Lipinski definition) is 2. The summed E-state index contributed by atoms with van der Waals surface area (Å²) in [5.41, 5.74) is 2.48. The highest BCUT2D eigenvalue weighted by molar-refractivity contribution is 5.78. The van der Waals surface area contributed by atoms with E-state index in [0.29, 0.717) is 18.4 Å². The summed E-state index contributed by atoms with van der Waals surface area (Å²) in [5.74, 6) is 2.05. The van der Waals surface area contributed by atoms with E-state index in [9.17, 15) is 4.79 Å². The van der Waals surface area contributed by atoms with Crippen LogP contribution in [0.15, 0.2) is 24.3 Å². The average molecular weight is 286 g/mol. The van der Waals surface area contributed by atoms with Crippen molar-refractivity contribution >= 4 is 11.6 Å². The van der Waals surface area contributed by atoms with E-state index in [-0.39, 0.29) is 5.91 Å². The molecule has 3 nitrogen and oxygen atoms in total. The van der Waals surface area contributed by atoms with Gasteiger partial charge in [0.05, 0.1) is 0 Å². The van der Waals surface area contributed by atoms with Crippen LogP contribution in [0.3, 0.4) is 0 Å². The molecule has 0 bridgehead atoms. The predicted molar refractivity (Wildman–Crippen MR) is 86.4 cm³/mol. The van der Waals surface area contributed by atoms with Crippen molar-refractivity contribution in [3.05, 3.63) is 29.8 Å². The maximum atomic E-state index is 12.3. The van der Waals surface area contributed by atoms with E-state index < -0.39 is 0 Å². The van der Waals surface area contributed by atoms with Gasteiger partial charge in [0.25, 0.3) is 0 Å². The Morgan fingerprint density at radius 2 is 2.05 bits per heavy atom. The third kappa shape index (κ3) is 3.22. The Kier molecular flexibility index (Phi) is 4.18. The molecular weight excluding hydrogens is 260 g/mol. The lowest BCUT2D eigenvalue weighted by molar-refractivity contribution is -0.122. The van der Waals surface area contributed by atoms with Crippen LogP contribution < -0.4 is 10.6 Å². The number of nitrogens with one attached hydrogen (secondary N) is 2. The summed E-state index contributed by atoms with van der Waals surface area (Å²) in [4.78, 5) is 12.3. The van der Waals surface area contributed by atoms with Crippen LogP contribution in [-0.2, 0) is 4.79 Å². The SMILES string of the molecule is CC1CCC(NC(=O)CC2CNc3ccccc32)CC1C. The van der Waals surface area contributed by atoms with E-state index in [1.54, 1.807) is 0 Å². The molecule has 1 aromatic carbocycles. The van der Waals surface area contributed by atoms with Gasteiger partial charge in [0.1, 0.15) is 0 Å².